The minimum atomic E-state index is -0.446. The second-order valence-electron chi connectivity index (χ2n) is 9.61. The zero-order chi connectivity index (χ0) is 29.2. The Kier molecular flexibility index (Phi) is 7.97. The van der Waals surface area contributed by atoms with Crippen molar-refractivity contribution in [2.75, 3.05) is 13.7 Å². The third-order valence-corrected chi connectivity index (χ3v) is 7.39. The van der Waals surface area contributed by atoms with Gasteiger partial charge >= 0.3 is 12.0 Å². The van der Waals surface area contributed by atoms with Gasteiger partial charge in [-0.1, -0.05) is 35.3 Å². The average Bonchev–Trinajstić information content (AvgIpc) is 3.31. The second-order valence-corrected chi connectivity index (χ2v) is 10.5. The van der Waals surface area contributed by atoms with E-state index in [0.29, 0.717) is 63.2 Å². The fraction of sp³-hybridized carbons (Fsp3) is 0.194. The number of carbonyl (C=O) groups excluding carboxylic acids is 1. The van der Waals surface area contributed by atoms with Crippen molar-refractivity contribution < 1.29 is 28.1 Å². The predicted molar refractivity (Wildman–Crippen MR) is 156 cm³/mol. The van der Waals surface area contributed by atoms with Crippen LogP contribution >= 0.6 is 23.2 Å². The largest absolute Gasteiger partial charge is 0.473 e. The Morgan fingerprint density at radius 3 is 2.67 bits per heavy atom. The van der Waals surface area contributed by atoms with Crippen molar-refractivity contribution in [3.63, 3.8) is 0 Å². The Bertz CT molecular complexity index is 1790. The first-order valence-electron chi connectivity index (χ1n) is 13.1. The zero-order valence-electron chi connectivity index (χ0n) is 22.4. The average molecular weight is 608 g/mol. The molecule has 1 saturated heterocycles. The second kappa shape index (κ2) is 12.0. The van der Waals surface area contributed by atoms with Crippen LogP contribution in [0.25, 0.3) is 22.3 Å². The van der Waals surface area contributed by atoms with Gasteiger partial charge in [0.25, 0.3) is 0 Å². The van der Waals surface area contributed by atoms with E-state index in [9.17, 15) is 9.18 Å². The van der Waals surface area contributed by atoms with Crippen LogP contribution in [0, 0.1) is 5.82 Å². The van der Waals surface area contributed by atoms with Gasteiger partial charge in [0.1, 0.15) is 18.2 Å². The highest BCUT2D eigenvalue weighted by Gasteiger charge is 2.24. The van der Waals surface area contributed by atoms with Crippen LogP contribution in [0.3, 0.4) is 0 Å². The van der Waals surface area contributed by atoms with Crippen LogP contribution in [0.15, 0.2) is 72.8 Å². The molecule has 0 aliphatic carbocycles. The van der Waals surface area contributed by atoms with Crippen LogP contribution in [0.4, 0.5) is 4.39 Å². The lowest BCUT2D eigenvalue weighted by Crippen LogP contribution is -2.31. The Morgan fingerprint density at radius 1 is 1.07 bits per heavy atom. The number of halogens is 3. The van der Waals surface area contributed by atoms with Crippen LogP contribution in [0.5, 0.6) is 17.6 Å². The Labute approximate surface area is 250 Å². The Balaban J connectivity index is 1.24. The molecule has 3 aromatic carbocycles. The standard InChI is InChI=1S/C31H24Cl2FN3O5/c1-39-30(38)19-6-9-26-27(14-19)37(16-22-11-12-40-22)31(36-26)42-28-10-7-18(13-23(28)33)25-3-2-4-29(35-25)41-17-20-5-8-21(32)15-24(20)34/h2-10,13-15,22H,11-12,16-17H2,1H3. The van der Waals surface area contributed by atoms with Gasteiger partial charge in [-0.3, -0.25) is 4.57 Å². The molecule has 0 amide bonds. The molecular weight excluding hydrogens is 584 g/mol. The SMILES string of the molecule is COC(=O)c1ccc2nc(Oc3ccc(-c4cccc(OCc5ccc(Cl)cc5F)n4)cc3Cl)n(CC3CCO3)c2c1. The third-order valence-electron chi connectivity index (χ3n) is 6.86. The van der Waals surface area contributed by atoms with E-state index < -0.39 is 11.8 Å². The number of ether oxygens (including phenoxy) is 4. The summed E-state index contributed by atoms with van der Waals surface area (Å²) in [7, 11) is 1.34. The highest BCUT2D eigenvalue weighted by atomic mass is 35.5. The minimum Gasteiger partial charge on any atom is -0.473 e. The molecule has 1 unspecified atom stereocenters. The monoisotopic (exact) mass is 607 g/mol. The van der Waals surface area contributed by atoms with Gasteiger partial charge in [0.05, 0.1) is 47.1 Å². The number of pyridine rings is 1. The first kappa shape index (κ1) is 28.0. The number of carbonyl (C=O) groups is 1. The molecule has 3 heterocycles. The van der Waals surface area contributed by atoms with Crippen LogP contribution in [0.1, 0.15) is 22.3 Å². The molecule has 0 N–H and O–H groups in total. The molecule has 5 aromatic rings. The maximum atomic E-state index is 14.1. The first-order valence-corrected chi connectivity index (χ1v) is 13.9. The van der Waals surface area contributed by atoms with E-state index in [1.807, 2.05) is 16.7 Å². The van der Waals surface area contributed by atoms with Crippen LogP contribution in [-0.2, 0) is 22.6 Å². The number of benzene rings is 3. The molecule has 0 bridgehead atoms. The number of rotatable bonds is 9. The van der Waals surface area contributed by atoms with Gasteiger partial charge in [-0.2, -0.15) is 4.98 Å². The number of hydrogen-bond donors (Lipinski definition) is 0. The highest BCUT2D eigenvalue weighted by molar-refractivity contribution is 6.32. The van der Waals surface area contributed by atoms with E-state index in [1.165, 1.54) is 13.2 Å². The molecular formula is C31H24Cl2FN3O5. The lowest BCUT2D eigenvalue weighted by atomic mass is 10.1. The predicted octanol–water partition coefficient (Wildman–Crippen LogP) is 7.49. The summed E-state index contributed by atoms with van der Waals surface area (Å²) in [6.07, 6.45) is 0.927. The molecule has 8 nitrogen and oxygen atoms in total. The smallest absolute Gasteiger partial charge is 0.337 e. The van der Waals surface area contributed by atoms with E-state index in [4.69, 9.17) is 42.1 Å². The molecule has 42 heavy (non-hydrogen) atoms. The van der Waals surface area contributed by atoms with Crippen molar-refractivity contribution in [2.45, 2.75) is 25.7 Å². The van der Waals surface area contributed by atoms with E-state index in [-0.39, 0.29) is 12.7 Å². The molecule has 11 heteroatoms. The molecule has 1 fully saturated rings. The van der Waals surface area contributed by atoms with Gasteiger partial charge in [0, 0.05) is 28.8 Å². The van der Waals surface area contributed by atoms with E-state index in [1.54, 1.807) is 54.6 Å². The van der Waals surface area contributed by atoms with Crippen molar-refractivity contribution in [2.24, 2.45) is 0 Å². The zero-order valence-corrected chi connectivity index (χ0v) is 23.9. The molecule has 1 aliphatic rings. The maximum Gasteiger partial charge on any atom is 0.337 e. The van der Waals surface area contributed by atoms with Gasteiger partial charge in [-0.25, -0.2) is 14.2 Å². The lowest BCUT2D eigenvalue weighted by Gasteiger charge is -2.27. The van der Waals surface area contributed by atoms with Gasteiger partial charge in [-0.05, 0) is 61.0 Å². The number of hydrogen-bond acceptors (Lipinski definition) is 7. The number of nitrogens with zero attached hydrogens (tertiary/aromatic N) is 3. The summed E-state index contributed by atoms with van der Waals surface area (Å²) in [5.74, 6) is -0.161. The van der Waals surface area contributed by atoms with E-state index in [0.717, 1.165) is 17.5 Å². The third kappa shape index (κ3) is 5.90. The maximum absolute atomic E-state index is 14.1. The lowest BCUT2D eigenvalue weighted by molar-refractivity contribution is -0.0593. The molecule has 0 saturated carbocycles. The summed E-state index contributed by atoms with van der Waals surface area (Å²) in [5.41, 5.74) is 3.50. The number of aromatic nitrogens is 3. The highest BCUT2D eigenvalue weighted by Crippen LogP contribution is 2.35. The summed E-state index contributed by atoms with van der Waals surface area (Å²) in [4.78, 5) is 21.3. The molecule has 2 aromatic heterocycles. The molecule has 0 spiro atoms. The normalized spacial score (nSPS) is 14.4. The molecule has 1 aliphatic heterocycles. The van der Waals surface area contributed by atoms with Crippen LogP contribution in [-0.4, -0.2) is 40.3 Å². The summed E-state index contributed by atoms with van der Waals surface area (Å²) in [5, 5.41) is 0.663. The van der Waals surface area contributed by atoms with Gasteiger partial charge in [0.15, 0.2) is 0 Å². The number of imidazole rings is 1. The van der Waals surface area contributed by atoms with Crippen LogP contribution in [0.2, 0.25) is 10.0 Å². The molecule has 1 atom stereocenters. The number of methoxy groups -OCH3 is 1. The first-order chi connectivity index (χ1) is 20.4. The minimum absolute atomic E-state index is 0.00100. The van der Waals surface area contributed by atoms with Crippen molar-refractivity contribution >= 4 is 40.2 Å². The molecule has 214 valence electrons. The quantitative estimate of drug-likeness (QED) is 0.160. The van der Waals surface area contributed by atoms with E-state index >= 15 is 0 Å². The fourth-order valence-corrected chi connectivity index (χ4v) is 4.90. The van der Waals surface area contributed by atoms with Crippen molar-refractivity contribution in [3.05, 3.63) is 99.8 Å². The van der Waals surface area contributed by atoms with Gasteiger partial charge in [0.2, 0.25) is 5.88 Å². The summed E-state index contributed by atoms with van der Waals surface area (Å²) >= 11 is 12.5. The molecule has 0 radical (unpaired) electrons. The fourth-order valence-electron chi connectivity index (χ4n) is 4.52. The summed E-state index contributed by atoms with van der Waals surface area (Å²) in [6.45, 7) is 1.20. The molecule has 6 rings (SSSR count). The van der Waals surface area contributed by atoms with E-state index in [2.05, 4.69) is 9.97 Å². The Morgan fingerprint density at radius 2 is 1.93 bits per heavy atom. The number of esters is 1. The Hall–Kier alpha value is -4.18. The van der Waals surface area contributed by atoms with Crippen LogP contribution < -0.4 is 9.47 Å². The van der Waals surface area contributed by atoms with Gasteiger partial charge in [-0.15, -0.1) is 0 Å². The number of fused-ring (bicyclic) bond motifs is 1. The topological polar surface area (TPSA) is 84.7 Å². The van der Waals surface area contributed by atoms with Crippen molar-refractivity contribution in [1.29, 1.82) is 0 Å². The van der Waals surface area contributed by atoms with Gasteiger partial charge < -0.3 is 18.9 Å². The summed E-state index contributed by atoms with van der Waals surface area (Å²) in [6, 6.07) is 20.5. The summed E-state index contributed by atoms with van der Waals surface area (Å²) < 4.78 is 38.5. The van der Waals surface area contributed by atoms with Crippen molar-refractivity contribution in [3.8, 4) is 28.9 Å². The van der Waals surface area contributed by atoms with Crippen molar-refractivity contribution in [1.82, 2.24) is 14.5 Å².